The Kier molecular flexibility index (Phi) is 15.0. The summed E-state index contributed by atoms with van der Waals surface area (Å²) in [5.74, 6) is -2.06. The van der Waals surface area contributed by atoms with E-state index < -0.39 is 12.1 Å². The number of alkyl halides is 3. The van der Waals surface area contributed by atoms with E-state index in [-0.39, 0.29) is 11.8 Å². The number of carboxylic acid groups (broad SMARTS) is 1. The molecule has 5 rings (SSSR count). The Bertz CT molecular complexity index is 1770. The van der Waals surface area contributed by atoms with E-state index in [0.717, 1.165) is 60.5 Å². The maximum atomic E-state index is 13.5. The van der Waals surface area contributed by atoms with Gasteiger partial charge in [0.05, 0.1) is 7.11 Å². The summed E-state index contributed by atoms with van der Waals surface area (Å²) < 4.78 is 37.0. The fourth-order valence-corrected chi connectivity index (χ4v) is 5.72. The van der Waals surface area contributed by atoms with Gasteiger partial charge in [0.25, 0.3) is 5.91 Å². The summed E-state index contributed by atoms with van der Waals surface area (Å²) in [5, 5.41) is 10.2. The first-order chi connectivity index (χ1) is 25.0. The van der Waals surface area contributed by atoms with Crippen LogP contribution in [0.25, 0.3) is 17.2 Å². The van der Waals surface area contributed by atoms with Crippen LogP contribution in [0.4, 0.5) is 13.2 Å². The highest BCUT2D eigenvalue weighted by Gasteiger charge is 2.38. The first-order valence-electron chi connectivity index (χ1n) is 17.2. The molecule has 1 aliphatic rings. The summed E-state index contributed by atoms with van der Waals surface area (Å²) in [4.78, 5) is 39.6. The van der Waals surface area contributed by atoms with Crippen molar-refractivity contribution in [2.75, 3.05) is 39.8 Å². The van der Waals surface area contributed by atoms with Gasteiger partial charge in [0, 0.05) is 37.8 Å². The van der Waals surface area contributed by atoms with E-state index in [9.17, 15) is 22.8 Å². The van der Waals surface area contributed by atoms with Crippen molar-refractivity contribution in [2.45, 2.75) is 38.4 Å². The van der Waals surface area contributed by atoms with E-state index in [1.807, 2.05) is 71.6 Å². The lowest BCUT2D eigenvalue weighted by atomic mass is 10.0. The van der Waals surface area contributed by atoms with Crippen molar-refractivity contribution in [3.63, 3.8) is 0 Å². The molecule has 0 aromatic heterocycles. The zero-order chi connectivity index (χ0) is 37.3. The number of likely N-dealkylation sites (tertiary alicyclic amines) is 1. The predicted octanol–water partition coefficient (Wildman–Crippen LogP) is 7.50. The molecule has 0 spiro atoms. The van der Waals surface area contributed by atoms with E-state index in [1.54, 1.807) is 13.2 Å². The third kappa shape index (κ3) is 13.0. The standard InChI is InChI=1S/C39H43N3O3.C2HF3O2/c1-45-37-20-17-32(18-21-37)19-22-38(43)42(26-9-13-31-10-3-2-4-11-31)30-33-12-7-14-34(28-33)35-15-8-16-36(29-35)39(44)40-23-27-41-24-5-6-25-41;3-2(4,5)1(6)7/h2-4,7-8,10-12,14-22,28-29H,5-6,9,13,23-27,30H2,1H3,(H,40,44);(H,6,7). The molecule has 1 aliphatic heterocycles. The minimum Gasteiger partial charge on any atom is -0.497 e. The van der Waals surface area contributed by atoms with Gasteiger partial charge in [-0.15, -0.1) is 0 Å². The van der Waals surface area contributed by atoms with Crippen LogP contribution < -0.4 is 10.1 Å². The number of hydrogen-bond acceptors (Lipinski definition) is 5. The molecular weight excluding hydrogens is 671 g/mol. The molecule has 11 heteroatoms. The predicted molar refractivity (Wildman–Crippen MR) is 196 cm³/mol. The van der Waals surface area contributed by atoms with E-state index in [0.29, 0.717) is 25.2 Å². The topological polar surface area (TPSA) is 99.2 Å². The molecule has 4 aromatic carbocycles. The number of nitrogens with one attached hydrogen (secondary N) is 1. The molecule has 4 aromatic rings. The van der Waals surface area contributed by atoms with Crippen LogP contribution in [0, 0.1) is 0 Å². The molecule has 274 valence electrons. The minimum atomic E-state index is -5.08. The number of halogens is 3. The summed E-state index contributed by atoms with van der Waals surface area (Å²) in [6.07, 6.45) is 2.68. The van der Waals surface area contributed by atoms with Gasteiger partial charge in [0.15, 0.2) is 0 Å². The van der Waals surface area contributed by atoms with Crippen LogP contribution in [0.2, 0.25) is 0 Å². The molecule has 8 nitrogen and oxygen atoms in total. The second-order valence-corrected chi connectivity index (χ2v) is 12.3. The Morgan fingerprint density at radius 1 is 0.865 bits per heavy atom. The number of ether oxygens (including phenoxy) is 1. The average molecular weight is 716 g/mol. The molecule has 0 bridgehead atoms. The average Bonchev–Trinajstić information content (AvgIpc) is 3.68. The smallest absolute Gasteiger partial charge is 0.490 e. The Hall–Kier alpha value is -5.42. The molecule has 0 atom stereocenters. The minimum absolute atomic E-state index is 0.0307. The molecule has 0 unspecified atom stereocenters. The number of carbonyl (C=O) groups excluding carboxylic acids is 2. The normalized spacial score (nSPS) is 12.9. The van der Waals surface area contributed by atoms with Crippen molar-refractivity contribution in [3.8, 4) is 16.9 Å². The lowest BCUT2D eigenvalue weighted by molar-refractivity contribution is -0.192. The van der Waals surface area contributed by atoms with Gasteiger partial charge in [-0.25, -0.2) is 4.79 Å². The maximum Gasteiger partial charge on any atom is 0.490 e. The first-order valence-corrected chi connectivity index (χ1v) is 17.2. The SMILES string of the molecule is COc1ccc(C=CC(=O)N(CCCc2ccccc2)Cc2cccc(-c3cccc(C(=O)NCCN4CCCC4)c3)c2)cc1.O=C(O)C(F)(F)F. The molecule has 0 radical (unpaired) electrons. The zero-order valence-corrected chi connectivity index (χ0v) is 29.1. The van der Waals surface area contributed by atoms with Crippen molar-refractivity contribution >= 4 is 23.9 Å². The summed E-state index contributed by atoms with van der Waals surface area (Å²) in [6.45, 7) is 4.92. The largest absolute Gasteiger partial charge is 0.497 e. The second-order valence-electron chi connectivity index (χ2n) is 12.3. The fourth-order valence-electron chi connectivity index (χ4n) is 5.72. The summed E-state index contributed by atoms with van der Waals surface area (Å²) in [5.41, 5.74) is 5.89. The zero-order valence-electron chi connectivity index (χ0n) is 29.1. The Morgan fingerprint density at radius 3 is 2.15 bits per heavy atom. The van der Waals surface area contributed by atoms with E-state index in [2.05, 4.69) is 52.7 Å². The number of rotatable bonds is 14. The van der Waals surface area contributed by atoms with E-state index in [4.69, 9.17) is 14.6 Å². The van der Waals surface area contributed by atoms with E-state index >= 15 is 0 Å². The van der Waals surface area contributed by atoms with Crippen LogP contribution in [-0.4, -0.2) is 78.7 Å². The van der Waals surface area contributed by atoms with Gasteiger partial charge >= 0.3 is 12.1 Å². The highest BCUT2D eigenvalue weighted by Crippen LogP contribution is 2.23. The summed E-state index contributed by atoms with van der Waals surface area (Å²) >= 11 is 0. The summed E-state index contributed by atoms with van der Waals surface area (Å²) in [7, 11) is 1.64. The third-order valence-corrected chi connectivity index (χ3v) is 8.50. The fraction of sp³-hybridized carbons (Fsp3) is 0.293. The number of carboxylic acids is 1. The number of hydrogen-bond donors (Lipinski definition) is 2. The maximum absolute atomic E-state index is 13.5. The van der Waals surface area contributed by atoms with Crippen molar-refractivity contribution < 1.29 is 37.4 Å². The molecule has 52 heavy (non-hydrogen) atoms. The molecular formula is C41H44F3N3O5. The lowest BCUT2D eigenvalue weighted by Crippen LogP contribution is -2.33. The van der Waals surface area contributed by atoms with Gasteiger partial charge in [-0.05, 0) is 103 Å². The molecule has 1 fully saturated rings. The van der Waals surface area contributed by atoms with Crippen LogP contribution in [0.3, 0.4) is 0 Å². The molecule has 2 N–H and O–H groups in total. The number of amides is 2. The number of methoxy groups -OCH3 is 1. The van der Waals surface area contributed by atoms with Gasteiger partial charge in [0.2, 0.25) is 5.91 Å². The van der Waals surface area contributed by atoms with Gasteiger partial charge in [-0.2, -0.15) is 13.2 Å². The van der Waals surface area contributed by atoms with Crippen molar-refractivity contribution in [3.05, 3.63) is 131 Å². The summed E-state index contributed by atoms with van der Waals surface area (Å²) in [6, 6.07) is 34.1. The van der Waals surface area contributed by atoms with Gasteiger partial charge < -0.3 is 25.0 Å². The van der Waals surface area contributed by atoms with Crippen molar-refractivity contribution in [1.29, 1.82) is 0 Å². The number of nitrogens with zero attached hydrogens (tertiary/aromatic N) is 2. The van der Waals surface area contributed by atoms with E-state index in [1.165, 1.54) is 18.4 Å². The van der Waals surface area contributed by atoms with Crippen molar-refractivity contribution in [2.24, 2.45) is 0 Å². The van der Waals surface area contributed by atoms with Gasteiger partial charge in [-0.1, -0.05) is 72.8 Å². The Morgan fingerprint density at radius 2 is 1.50 bits per heavy atom. The molecule has 1 heterocycles. The van der Waals surface area contributed by atoms with Crippen LogP contribution in [0.1, 0.15) is 46.3 Å². The molecule has 2 amide bonds. The molecule has 0 saturated carbocycles. The Balaban J connectivity index is 0.000000785. The highest BCUT2D eigenvalue weighted by molar-refractivity contribution is 5.95. The second kappa shape index (κ2) is 19.8. The van der Waals surface area contributed by atoms with Crippen molar-refractivity contribution in [1.82, 2.24) is 15.1 Å². The van der Waals surface area contributed by atoms with Gasteiger partial charge in [0.1, 0.15) is 5.75 Å². The first kappa shape index (κ1) is 39.4. The number of carbonyl (C=O) groups is 3. The number of aliphatic carboxylic acids is 1. The molecule has 0 aliphatic carbocycles. The van der Waals surface area contributed by atoms with Crippen LogP contribution in [0.5, 0.6) is 5.75 Å². The highest BCUT2D eigenvalue weighted by atomic mass is 19.4. The quantitative estimate of drug-likeness (QED) is 0.131. The van der Waals surface area contributed by atoms with Crippen LogP contribution >= 0.6 is 0 Å². The van der Waals surface area contributed by atoms with Gasteiger partial charge in [-0.3, -0.25) is 9.59 Å². The number of aryl methyl sites for hydroxylation is 1. The number of benzene rings is 4. The Labute approximate surface area is 302 Å². The van der Waals surface area contributed by atoms with Crippen LogP contribution in [-0.2, 0) is 22.6 Å². The monoisotopic (exact) mass is 715 g/mol. The molecule has 1 saturated heterocycles. The lowest BCUT2D eigenvalue weighted by Gasteiger charge is -2.22. The third-order valence-electron chi connectivity index (χ3n) is 8.50. The van der Waals surface area contributed by atoms with Crippen LogP contribution in [0.15, 0.2) is 109 Å².